The minimum absolute atomic E-state index is 0.106. The molecule has 0 amide bonds. The van der Waals surface area contributed by atoms with Gasteiger partial charge in [0.05, 0.1) is 16.9 Å². The Morgan fingerprint density at radius 1 is 1.16 bits per heavy atom. The maximum Gasteiger partial charge on any atom is 0.293 e. The van der Waals surface area contributed by atoms with Crippen molar-refractivity contribution >= 4 is 70.6 Å². The molecule has 0 saturated carbocycles. The highest BCUT2D eigenvalue weighted by Crippen LogP contribution is 2.32. The van der Waals surface area contributed by atoms with E-state index >= 15 is 0 Å². The van der Waals surface area contributed by atoms with Crippen LogP contribution in [0.5, 0.6) is 5.19 Å². The smallest absolute Gasteiger partial charge is 0.293 e. The highest BCUT2D eigenvalue weighted by molar-refractivity contribution is 8.20. The summed E-state index contributed by atoms with van der Waals surface area (Å²) >= 11 is 7.98. The fraction of sp³-hybridized carbons (Fsp3) is 0.235. The van der Waals surface area contributed by atoms with Gasteiger partial charge in [0.15, 0.2) is 5.82 Å². The van der Waals surface area contributed by atoms with E-state index in [9.17, 15) is 16.8 Å². The van der Waals surface area contributed by atoms with Gasteiger partial charge in [-0.25, -0.2) is 16.8 Å². The number of thiophene rings is 1. The van der Waals surface area contributed by atoms with Crippen LogP contribution < -0.4 is 8.86 Å². The van der Waals surface area contributed by atoms with E-state index in [0.29, 0.717) is 26.7 Å². The van der Waals surface area contributed by atoms with E-state index < -0.39 is 30.7 Å². The Morgan fingerprint density at radius 3 is 2.53 bits per heavy atom. The summed E-state index contributed by atoms with van der Waals surface area (Å²) in [5, 5.41) is 2.52. The number of sulfonamides is 2. The molecular formula is C17H17ClN4O5S5. The Kier molecular flexibility index (Phi) is 7.03. The first-order chi connectivity index (χ1) is 15.2. The van der Waals surface area contributed by atoms with Crippen LogP contribution in [-0.4, -0.2) is 61.8 Å². The van der Waals surface area contributed by atoms with E-state index in [2.05, 4.69) is 13.5 Å². The fourth-order valence-corrected chi connectivity index (χ4v) is 9.97. The summed E-state index contributed by atoms with van der Waals surface area (Å²) in [7, 11) is -6.76. The zero-order valence-electron chi connectivity index (χ0n) is 16.5. The molecule has 0 saturated heterocycles. The lowest BCUT2D eigenvalue weighted by Crippen LogP contribution is -2.39. The van der Waals surface area contributed by atoms with Crippen molar-refractivity contribution in [1.82, 2.24) is 17.8 Å². The third-order valence-corrected chi connectivity index (χ3v) is 12.5. The number of nitrogens with one attached hydrogen (secondary N) is 1. The third-order valence-electron chi connectivity index (χ3n) is 4.36. The van der Waals surface area contributed by atoms with Crippen LogP contribution in [0.1, 0.15) is 0 Å². The van der Waals surface area contributed by atoms with Crippen molar-refractivity contribution < 1.29 is 21.6 Å². The van der Waals surface area contributed by atoms with Crippen LogP contribution in [0.4, 0.5) is 0 Å². The number of hydrogen-bond donors (Lipinski definition) is 1. The first-order valence-corrected chi connectivity index (χ1v) is 15.3. The van der Waals surface area contributed by atoms with E-state index in [4.69, 9.17) is 16.3 Å². The van der Waals surface area contributed by atoms with E-state index in [1.165, 1.54) is 41.7 Å². The van der Waals surface area contributed by atoms with Crippen molar-refractivity contribution in [3.8, 4) is 15.9 Å². The monoisotopic (exact) mass is 552 g/mol. The molecule has 1 aliphatic heterocycles. The molecule has 0 aliphatic carbocycles. The molecule has 172 valence electrons. The molecule has 0 bridgehead atoms. The largest absolute Gasteiger partial charge is 0.472 e. The number of aromatic nitrogens is 2. The average Bonchev–Trinajstić information content (AvgIpc) is 3.44. The van der Waals surface area contributed by atoms with Gasteiger partial charge in [0.25, 0.3) is 15.2 Å². The summed E-state index contributed by atoms with van der Waals surface area (Å²) in [5.41, 5.74) is 0. The fourth-order valence-electron chi connectivity index (χ4n) is 2.76. The van der Waals surface area contributed by atoms with E-state index in [1.54, 1.807) is 11.4 Å². The third kappa shape index (κ3) is 5.07. The molecule has 32 heavy (non-hydrogen) atoms. The second kappa shape index (κ2) is 9.46. The Labute approximate surface area is 201 Å². The molecule has 0 spiro atoms. The summed E-state index contributed by atoms with van der Waals surface area (Å²) in [6.07, 6.45) is 0. The molecule has 1 aromatic carbocycles. The van der Waals surface area contributed by atoms with Gasteiger partial charge in [-0.1, -0.05) is 11.6 Å². The van der Waals surface area contributed by atoms with Crippen LogP contribution in [0, 0.1) is 0 Å². The van der Waals surface area contributed by atoms with Crippen molar-refractivity contribution in [3.05, 3.63) is 41.4 Å². The van der Waals surface area contributed by atoms with Crippen LogP contribution in [0.25, 0.3) is 10.7 Å². The van der Waals surface area contributed by atoms with Gasteiger partial charge in [0.1, 0.15) is 4.21 Å². The predicted molar refractivity (Wildman–Crippen MR) is 129 cm³/mol. The quantitative estimate of drug-likeness (QED) is 0.448. The standard InChI is InChI=1S/C17H17ClN4O5S5/c1-27-17-19-16(20-29-17)14-6-7-15(28-14)31(23,24)21-30-10-8-22(9-11-30)32(25,26)13-4-2-12(18)3-5-13/h2-7,10,21H,8-9,11H2,1H3. The van der Waals surface area contributed by atoms with Gasteiger partial charge in [-0.2, -0.15) is 17.8 Å². The lowest BCUT2D eigenvalue weighted by molar-refractivity contribution is 0.412. The van der Waals surface area contributed by atoms with Crippen molar-refractivity contribution in [1.29, 1.82) is 0 Å². The molecule has 1 N–H and O–H groups in total. The topological polar surface area (TPSA) is 119 Å². The molecule has 0 radical (unpaired) electrons. The van der Waals surface area contributed by atoms with Gasteiger partial charge >= 0.3 is 0 Å². The van der Waals surface area contributed by atoms with Crippen LogP contribution in [0.15, 0.2) is 45.5 Å². The number of hydrogen-bond acceptors (Lipinski definition) is 9. The lowest BCUT2D eigenvalue weighted by Gasteiger charge is -2.26. The maximum atomic E-state index is 12.8. The highest BCUT2D eigenvalue weighted by atomic mass is 35.5. The van der Waals surface area contributed by atoms with Gasteiger partial charge in [0.2, 0.25) is 10.0 Å². The average molecular weight is 553 g/mol. The minimum Gasteiger partial charge on any atom is -0.472 e. The zero-order chi connectivity index (χ0) is 22.9. The Hall–Kier alpha value is -1.39. The predicted octanol–water partition coefficient (Wildman–Crippen LogP) is 2.90. The summed E-state index contributed by atoms with van der Waals surface area (Å²) < 4.78 is 64.5. The molecule has 3 aromatic rings. The normalized spacial score (nSPS) is 17.8. The van der Waals surface area contributed by atoms with Crippen LogP contribution in [0.2, 0.25) is 5.02 Å². The number of methoxy groups -OCH3 is 1. The summed E-state index contributed by atoms with van der Waals surface area (Å²) in [4.78, 5) is 4.94. The summed E-state index contributed by atoms with van der Waals surface area (Å²) in [6.45, 7) is 0.306. The molecule has 1 atom stereocenters. The molecule has 15 heteroatoms. The zero-order valence-corrected chi connectivity index (χ0v) is 21.3. The molecule has 1 aliphatic rings. The maximum absolute atomic E-state index is 12.8. The number of halogens is 1. The lowest BCUT2D eigenvalue weighted by atomic mass is 10.4. The van der Waals surface area contributed by atoms with Crippen LogP contribution >= 0.6 is 45.1 Å². The molecule has 2 aromatic heterocycles. The van der Waals surface area contributed by atoms with Gasteiger partial charge in [-0.05, 0) is 41.8 Å². The number of rotatable bonds is 7. The first-order valence-electron chi connectivity index (χ1n) is 8.98. The van der Waals surface area contributed by atoms with Crippen molar-refractivity contribution in [2.24, 2.45) is 0 Å². The van der Waals surface area contributed by atoms with Gasteiger partial charge < -0.3 is 4.74 Å². The van der Waals surface area contributed by atoms with Gasteiger partial charge in [-0.3, -0.25) is 0 Å². The van der Waals surface area contributed by atoms with E-state index in [0.717, 1.165) is 22.9 Å². The van der Waals surface area contributed by atoms with Gasteiger partial charge in [0, 0.05) is 35.4 Å². The molecule has 1 unspecified atom stereocenters. The van der Waals surface area contributed by atoms with Crippen LogP contribution in [-0.2, 0) is 20.0 Å². The second-order valence-corrected chi connectivity index (χ2v) is 14.6. The number of benzene rings is 1. The summed E-state index contributed by atoms with van der Waals surface area (Å²) in [6, 6.07) is 9.10. The summed E-state index contributed by atoms with van der Waals surface area (Å²) in [5.74, 6) is 0.753. The molecule has 3 heterocycles. The molecule has 4 rings (SSSR count). The first kappa shape index (κ1) is 23.8. The molecule has 9 nitrogen and oxygen atoms in total. The Balaban J connectivity index is 1.46. The van der Waals surface area contributed by atoms with Gasteiger partial charge in [-0.15, -0.1) is 22.0 Å². The van der Waals surface area contributed by atoms with Crippen molar-refractivity contribution in [2.75, 3.05) is 26.0 Å². The Bertz CT molecular complexity index is 1370. The van der Waals surface area contributed by atoms with Crippen molar-refractivity contribution in [3.63, 3.8) is 0 Å². The molecular weight excluding hydrogens is 536 g/mol. The minimum atomic E-state index is -3.77. The number of ether oxygens (including phenoxy) is 1. The van der Waals surface area contributed by atoms with E-state index in [1.807, 2.05) is 0 Å². The van der Waals surface area contributed by atoms with Crippen molar-refractivity contribution in [2.45, 2.75) is 9.10 Å². The van der Waals surface area contributed by atoms with E-state index in [-0.39, 0.29) is 22.2 Å². The number of nitrogens with zero attached hydrogens (tertiary/aromatic N) is 3. The van der Waals surface area contributed by atoms with Crippen LogP contribution in [0.3, 0.4) is 0 Å². The Morgan fingerprint density at radius 2 is 1.91 bits per heavy atom. The molecule has 0 fully saturated rings. The second-order valence-electron chi connectivity index (χ2n) is 6.41. The SMILES string of the molecule is COc1nc(-c2ccc(S(=O)(=O)NS3=CCN(S(=O)(=O)c4ccc(Cl)cc4)CC3)s2)ns1. The highest BCUT2D eigenvalue weighted by Gasteiger charge is 2.27.